The van der Waals surface area contributed by atoms with Crippen LogP contribution >= 0.6 is 0 Å². The molecule has 8 heteroatoms. The van der Waals surface area contributed by atoms with E-state index in [4.69, 9.17) is 0 Å². The number of nitrogens with one attached hydrogen (secondary N) is 1. The van der Waals surface area contributed by atoms with Gasteiger partial charge in [-0.1, -0.05) is 0 Å². The molecule has 3 atom stereocenters. The average molecular weight is 396 g/mol. The van der Waals surface area contributed by atoms with Gasteiger partial charge in [0.2, 0.25) is 0 Å². The molecule has 3 aromatic rings. The third-order valence-corrected chi connectivity index (χ3v) is 5.71. The highest BCUT2D eigenvalue weighted by Gasteiger charge is 2.50. The summed E-state index contributed by atoms with van der Waals surface area (Å²) in [7, 11) is 0. The van der Waals surface area contributed by atoms with Crippen molar-refractivity contribution in [3.05, 3.63) is 76.9 Å². The van der Waals surface area contributed by atoms with Crippen molar-refractivity contribution in [1.82, 2.24) is 20.1 Å². The van der Waals surface area contributed by atoms with E-state index < -0.39 is 23.6 Å². The zero-order chi connectivity index (χ0) is 20.1. The van der Waals surface area contributed by atoms with Crippen molar-refractivity contribution in [2.45, 2.75) is 24.8 Å². The number of carbonyl (C=O) groups excluding carboxylic acids is 1. The summed E-state index contributed by atoms with van der Waals surface area (Å²) in [5, 5.41) is 16.9. The maximum Gasteiger partial charge on any atom is 0.272 e. The predicted octanol–water partition coefficient (Wildman–Crippen LogP) is 2.67. The van der Waals surface area contributed by atoms with E-state index >= 15 is 0 Å². The Kier molecular flexibility index (Phi) is 4.16. The van der Waals surface area contributed by atoms with E-state index in [1.165, 1.54) is 16.8 Å². The maximum absolute atomic E-state index is 14.4. The van der Waals surface area contributed by atoms with Gasteiger partial charge in [0.05, 0.1) is 18.3 Å². The first-order valence-corrected chi connectivity index (χ1v) is 9.45. The number of halogens is 2. The van der Waals surface area contributed by atoms with Crippen LogP contribution in [0.5, 0.6) is 0 Å². The van der Waals surface area contributed by atoms with Gasteiger partial charge in [-0.05, 0) is 48.6 Å². The molecule has 1 fully saturated rings. The monoisotopic (exact) mass is 396 g/mol. The van der Waals surface area contributed by atoms with Crippen LogP contribution in [0.3, 0.4) is 0 Å². The molecule has 0 spiro atoms. The summed E-state index contributed by atoms with van der Waals surface area (Å²) < 4.78 is 29.2. The molecule has 0 bridgehead atoms. The molecule has 5 rings (SSSR count). The minimum Gasteiger partial charge on any atom is -0.394 e. The summed E-state index contributed by atoms with van der Waals surface area (Å²) in [6.07, 6.45) is 4.87. The number of hydrogen-bond donors (Lipinski definition) is 2. The molecule has 2 heterocycles. The van der Waals surface area contributed by atoms with Gasteiger partial charge in [-0.15, -0.1) is 0 Å². The van der Waals surface area contributed by atoms with Crippen molar-refractivity contribution < 1.29 is 18.7 Å². The van der Waals surface area contributed by atoms with Crippen LogP contribution < -0.4 is 5.32 Å². The van der Waals surface area contributed by atoms with Crippen molar-refractivity contribution in [3.63, 3.8) is 0 Å². The number of carbonyl (C=O) groups is 1. The zero-order valence-corrected chi connectivity index (χ0v) is 15.3. The molecule has 6 nitrogen and oxygen atoms in total. The number of fused-ring (bicyclic) bond motifs is 3. The second kappa shape index (κ2) is 6.73. The molecule has 0 saturated heterocycles. The SMILES string of the molecule is O=C(N[C@@H](CO)c1ccncc1)c1nn(-c2ccc(F)cc2F)c2c1C[C@@H]1C[C@H]21. The Morgan fingerprint density at radius 1 is 1.28 bits per heavy atom. The lowest BCUT2D eigenvalue weighted by Gasteiger charge is -2.16. The number of hydrogen-bond acceptors (Lipinski definition) is 4. The summed E-state index contributed by atoms with van der Waals surface area (Å²) in [6, 6.07) is 6.15. The van der Waals surface area contributed by atoms with E-state index in [9.17, 15) is 18.7 Å². The topological polar surface area (TPSA) is 80.0 Å². The van der Waals surface area contributed by atoms with Crippen molar-refractivity contribution in [1.29, 1.82) is 0 Å². The van der Waals surface area contributed by atoms with Crippen LogP contribution in [0.4, 0.5) is 8.78 Å². The predicted molar refractivity (Wildman–Crippen MR) is 99.6 cm³/mol. The summed E-state index contributed by atoms with van der Waals surface area (Å²) in [5.41, 5.74) is 2.71. The van der Waals surface area contributed by atoms with Crippen LogP contribution in [0.25, 0.3) is 5.69 Å². The normalized spacial score (nSPS) is 20.1. The number of rotatable bonds is 5. The van der Waals surface area contributed by atoms with Gasteiger partial charge < -0.3 is 10.4 Å². The fourth-order valence-electron chi connectivity index (χ4n) is 4.19. The third-order valence-electron chi connectivity index (χ3n) is 5.71. The van der Waals surface area contributed by atoms with Crippen molar-refractivity contribution in [2.24, 2.45) is 5.92 Å². The highest BCUT2D eigenvalue weighted by atomic mass is 19.1. The minimum absolute atomic E-state index is 0.127. The molecule has 0 unspecified atom stereocenters. The van der Waals surface area contributed by atoms with Crippen molar-refractivity contribution in [2.75, 3.05) is 6.61 Å². The molecule has 2 aliphatic rings. The molecule has 1 saturated carbocycles. The van der Waals surface area contributed by atoms with Crippen LogP contribution in [0, 0.1) is 17.6 Å². The third kappa shape index (κ3) is 3.00. The van der Waals surface area contributed by atoms with Gasteiger partial charge >= 0.3 is 0 Å². The number of aromatic nitrogens is 3. The Labute approximate surface area is 165 Å². The van der Waals surface area contributed by atoms with E-state index in [0.717, 1.165) is 29.3 Å². The lowest BCUT2D eigenvalue weighted by molar-refractivity contribution is 0.0909. The molecular weight excluding hydrogens is 378 g/mol. The maximum atomic E-state index is 14.4. The number of aliphatic hydroxyl groups excluding tert-OH is 1. The van der Waals surface area contributed by atoms with E-state index in [1.807, 2.05) is 0 Å². The van der Waals surface area contributed by atoms with Gasteiger partial charge in [0.25, 0.3) is 5.91 Å². The first kappa shape index (κ1) is 17.9. The molecule has 148 valence electrons. The minimum atomic E-state index is -0.726. The van der Waals surface area contributed by atoms with Gasteiger partial charge in [-0.2, -0.15) is 5.10 Å². The second-order valence-corrected chi connectivity index (χ2v) is 7.52. The molecule has 29 heavy (non-hydrogen) atoms. The first-order valence-electron chi connectivity index (χ1n) is 9.45. The van der Waals surface area contributed by atoms with Crippen LogP contribution in [0.15, 0.2) is 42.7 Å². The van der Waals surface area contributed by atoms with E-state index in [-0.39, 0.29) is 23.9 Å². The quantitative estimate of drug-likeness (QED) is 0.695. The highest BCUT2D eigenvalue weighted by Crippen LogP contribution is 2.57. The Morgan fingerprint density at radius 2 is 2.07 bits per heavy atom. The lowest BCUT2D eigenvalue weighted by Crippen LogP contribution is -2.31. The number of benzene rings is 1. The summed E-state index contributed by atoms with van der Waals surface area (Å²) in [4.78, 5) is 16.9. The van der Waals surface area contributed by atoms with E-state index in [1.54, 1.807) is 24.5 Å². The Balaban J connectivity index is 1.51. The molecule has 2 aromatic heterocycles. The first-order chi connectivity index (χ1) is 14.1. The standard InChI is InChI=1S/C21H18F2N4O2/c22-13-1-2-18(16(23)9-13)27-20-14-7-12(14)8-15(20)19(26-27)21(29)25-17(10-28)11-3-5-24-6-4-11/h1-6,9,12,14,17,28H,7-8,10H2,(H,25,29)/t12-,14-,17-/m0/s1. The van der Waals surface area contributed by atoms with Crippen LogP contribution in [0.1, 0.15) is 45.7 Å². The van der Waals surface area contributed by atoms with Gasteiger partial charge in [-0.25, -0.2) is 13.5 Å². The van der Waals surface area contributed by atoms with E-state index in [0.29, 0.717) is 12.3 Å². The molecule has 0 radical (unpaired) electrons. The highest BCUT2D eigenvalue weighted by molar-refractivity contribution is 5.94. The number of amides is 1. The largest absolute Gasteiger partial charge is 0.394 e. The average Bonchev–Trinajstić information content (AvgIpc) is 3.23. The lowest BCUT2D eigenvalue weighted by atomic mass is 10.1. The molecular formula is C21H18F2N4O2. The number of pyridine rings is 1. The van der Waals surface area contributed by atoms with Crippen LogP contribution in [-0.2, 0) is 6.42 Å². The molecule has 0 aliphatic heterocycles. The van der Waals surface area contributed by atoms with Crippen LogP contribution in [-0.4, -0.2) is 32.4 Å². The molecule has 2 N–H and O–H groups in total. The molecule has 1 aromatic carbocycles. The Morgan fingerprint density at radius 3 is 2.79 bits per heavy atom. The van der Waals surface area contributed by atoms with Gasteiger partial charge in [-0.3, -0.25) is 9.78 Å². The summed E-state index contributed by atoms with van der Waals surface area (Å²) in [6.45, 7) is -0.281. The van der Waals surface area contributed by atoms with Gasteiger partial charge in [0, 0.05) is 29.9 Å². The summed E-state index contributed by atoms with van der Waals surface area (Å²) in [5.74, 6) is -1.13. The van der Waals surface area contributed by atoms with Crippen molar-refractivity contribution >= 4 is 5.91 Å². The van der Waals surface area contributed by atoms with Crippen molar-refractivity contribution in [3.8, 4) is 5.69 Å². The number of aliphatic hydroxyl groups is 1. The molecule has 1 amide bonds. The Bertz CT molecular complexity index is 1100. The van der Waals surface area contributed by atoms with E-state index in [2.05, 4.69) is 15.4 Å². The zero-order valence-electron chi connectivity index (χ0n) is 15.3. The fourth-order valence-corrected chi connectivity index (χ4v) is 4.19. The van der Waals surface area contributed by atoms with Gasteiger partial charge in [0.1, 0.15) is 11.5 Å². The second-order valence-electron chi connectivity index (χ2n) is 7.52. The number of nitrogens with zero attached hydrogens (tertiary/aromatic N) is 3. The Hall–Kier alpha value is -3.13. The fraction of sp³-hybridized carbons (Fsp3) is 0.286. The van der Waals surface area contributed by atoms with Crippen LogP contribution in [0.2, 0.25) is 0 Å². The smallest absolute Gasteiger partial charge is 0.272 e. The van der Waals surface area contributed by atoms with Gasteiger partial charge in [0.15, 0.2) is 11.5 Å². The molecule has 2 aliphatic carbocycles. The summed E-state index contributed by atoms with van der Waals surface area (Å²) >= 11 is 0.